The zero-order chi connectivity index (χ0) is 11.1. The Kier molecular flexibility index (Phi) is 2.75. The van der Waals surface area contributed by atoms with Crippen molar-refractivity contribution in [1.29, 1.82) is 0 Å². The summed E-state index contributed by atoms with van der Waals surface area (Å²) < 4.78 is 22.9. The largest absolute Gasteiger partial charge is 0.312 e. The molecule has 1 aliphatic rings. The lowest BCUT2D eigenvalue weighted by molar-refractivity contribution is 0.600. The number of nitrogens with one attached hydrogen (secondary N) is 1. The summed E-state index contributed by atoms with van der Waals surface area (Å²) in [5.41, 5.74) is 2.07. The van der Waals surface area contributed by atoms with Gasteiger partial charge in [-0.3, -0.25) is 0 Å². The second-order valence-electron chi connectivity index (χ2n) is 3.71. The third kappa shape index (κ3) is 2.02. The minimum Gasteiger partial charge on any atom is -0.312 e. The van der Waals surface area contributed by atoms with Crippen LogP contribution in [0.5, 0.6) is 0 Å². The molecule has 0 bridgehead atoms. The van der Waals surface area contributed by atoms with Crippen LogP contribution in [0, 0.1) is 0 Å². The molecule has 1 aromatic rings. The number of benzene rings is 1. The molecule has 0 unspecified atom stereocenters. The van der Waals surface area contributed by atoms with Crippen molar-refractivity contribution in [2.24, 2.45) is 0 Å². The molecule has 3 nitrogen and oxygen atoms in total. The fraction of sp³-hybridized carbons (Fsp3) is 0.400. The van der Waals surface area contributed by atoms with Crippen molar-refractivity contribution in [3.05, 3.63) is 28.3 Å². The smallest absolute Gasteiger partial charge is 0.177 e. The summed E-state index contributed by atoms with van der Waals surface area (Å²) in [5, 5.41) is 3.56. The second-order valence-corrected chi connectivity index (χ2v) is 6.08. The Balaban J connectivity index is 2.63. The Labute approximate surface area is 94.4 Å². The van der Waals surface area contributed by atoms with Crippen molar-refractivity contribution in [3.8, 4) is 0 Å². The lowest BCUT2D eigenvalue weighted by Gasteiger charge is -2.19. The van der Waals surface area contributed by atoms with Crippen LogP contribution in [0.25, 0.3) is 0 Å². The Hall–Kier alpha value is -0.580. The van der Waals surface area contributed by atoms with Gasteiger partial charge >= 0.3 is 0 Å². The molecule has 0 saturated carbocycles. The molecule has 0 fully saturated rings. The molecule has 0 aliphatic carbocycles. The van der Waals surface area contributed by atoms with Gasteiger partial charge in [-0.1, -0.05) is 17.7 Å². The monoisotopic (exact) mass is 245 g/mol. The highest BCUT2D eigenvalue weighted by molar-refractivity contribution is 7.90. The molecule has 1 aliphatic heterocycles. The minimum atomic E-state index is -3.23. The number of hydrogen-bond donors (Lipinski definition) is 1. The van der Waals surface area contributed by atoms with Crippen LogP contribution in [0.2, 0.25) is 5.02 Å². The zero-order valence-electron chi connectivity index (χ0n) is 8.38. The summed E-state index contributed by atoms with van der Waals surface area (Å²) in [5.74, 6) is 0. The quantitative estimate of drug-likeness (QED) is 0.813. The molecule has 1 heterocycles. The molecule has 0 amide bonds. The van der Waals surface area contributed by atoms with Crippen LogP contribution >= 0.6 is 11.6 Å². The Morgan fingerprint density at radius 1 is 1.40 bits per heavy atom. The number of halogens is 1. The van der Waals surface area contributed by atoms with Crippen molar-refractivity contribution >= 4 is 21.4 Å². The summed E-state index contributed by atoms with van der Waals surface area (Å²) >= 11 is 6.09. The van der Waals surface area contributed by atoms with E-state index in [0.29, 0.717) is 11.6 Å². The van der Waals surface area contributed by atoms with Crippen LogP contribution in [0.15, 0.2) is 17.0 Å². The van der Waals surface area contributed by atoms with Crippen molar-refractivity contribution in [2.75, 3.05) is 12.8 Å². The van der Waals surface area contributed by atoms with E-state index in [-0.39, 0.29) is 4.90 Å². The van der Waals surface area contributed by atoms with E-state index in [2.05, 4.69) is 5.32 Å². The maximum atomic E-state index is 11.4. The van der Waals surface area contributed by atoms with Gasteiger partial charge in [-0.2, -0.15) is 0 Å². The van der Waals surface area contributed by atoms with Crippen LogP contribution in [-0.2, 0) is 22.8 Å². The summed E-state index contributed by atoms with van der Waals surface area (Å²) in [4.78, 5) is 0.228. The molecule has 15 heavy (non-hydrogen) atoms. The summed E-state index contributed by atoms with van der Waals surface area (Å²) in [6, 6.07) is 3.46. The molecule has 0 spiro atoms. The van der Waals surface area contributed by atoms with Crippen LogP contribution in [0.3, 0.4) is 0 Å². The molecule has 0 saturated heterocycles. The fourth-order valence-electron chi connectivity index (χ4n) is 1.79. The Morgan fingerprint density at radius 2 is 2.13 bits per heavy atom. The third-order valence-electron chi connectivity index (χ3n) is 2.58. The van der Waals surface area contributed by atoms with Crippen LogP contribution < -0.4 is 5.32 Å². The van der Waals surface area contributed by atoms with Gasteiger partial charge in [-0.15, -0.1) is 0 Å². The van der Waals surface area contributed by atoms with Crippen molar-refractivity contribution in [2.45, 2.75) is 17.9 Å². The molecule has 5 heteroatoms. The molecule has 2 rings (SSSR count). The Morgan fingerprint density at radius 3 is 2.80 bits per heavy atom. The highest BCUT2D eigenvalue weighted by Crippen LogP contribution is 2.29. The molecular formula is C10H12ClNO2S. The maximum absolute atomic E-state index is 11.4. The fourth-order valence-corrected chi connectivity index (χ4v) is 3.22. The van der Waals surface area contributed by atoms with Gasteiger partial charge in [0.15, 0.2) is 9.84 Å². The van der Waals surface area contributed by atoms with Crippen LogP contribution in [0.4, 0.5) is 0 Å². The Bertz CT molecular complexity index is 496. The first-order chi connectivity index (χ1) is 7.00. The van der Waals surface area contributed by atoms with Gasteiger partial charge in [0.25, 0.3) is 0 Å². The lowest BCUT2D eigenvalue weighted by atomic mass is 10.0. The first-order valence-corrected chi connectivity index (χ1v) is 6.98. The summed E-state index contributed by atoms with van der Waals surface area (Å²) in [7, 11) is -3.23. The van der Waals surface area contributed by atoms with Gasteiger partial charge in [0.1, 0.15) is 0 Å². The topological polar surface area (TPSA) is 46.2 Å². The van der Waals surface area contributed by atoms with Crippen molar-refractivity contribution in [3.63, 3.8) is 0 Å². The minimum absolute atomic E-state index is 0.228. The van der Waals surface area contributed by atoms with Gasteiger partial charge in [-0.25, -0.2) is 8.42 Å². The molecular weight excluding hydrogens is 234 g/mol. The second kappa shape index (κ2) is 3.77. The van der Waals surface area contributed by atoms with Gasteiger partial charge < -0.3 is 5.32 Å². The lowest BCUT2D eigenvalue weighted by Crippen LogP contribution is -2.24. The summed E-state index contributed by atoms with van der Waals surface area (Å²) in [6.45, 7) is 1.57. The predicted molar refractivity (Wildman–Crippen MR) is 60.0 cm³/mol. The number of sulfone groups is 1. The van der Waals surface area contributed by atoms with Gasteiger partial charge in [-0.05, 0) is 30.2 Å². The van der Waals surface area contributed by atoms with Crippen molar-refractivity contribution < 1.29 is 8.42 Å². The number of hydrogen-bond acceptors (Lipinski definition) is 3. The van der Waals surface area contributed by atoms with E-state index in [1.54, 1.807) is 6.07 Å². The summed E-state index contributed by atoms with van der Waals surface area (Å²) in [6.07, 6.45) is 2.08. The molecule has 1 aromatic carbocycles. The average Bonchev–Trinajstić information content (AvgIpc) is 2.16. The van der Waals surface area contributed by atoms with E-state index < -0.39 is 9.84 Å². The van der Waals surface area contributed by atoms with Crippen LogP contribution in [0.1, 0.15) is 11.1 Å². The predicted octanol–water partition coefficient (Wildman–Crippen LogP) is 1.39. The third-order valence-corrected chi connectivity index (χ3v) is 4.26. The van der Waals surface area contributed by atoms with E-state index in [1.807, 2.05) is 6.07 Å². The van der Waals surface area contributed by atoms with E-state index in [4.69, 9.17) is 11.6 Å². The molecule has 0 atom stereocenters. The van der Waals surface area contributed by atoms with Gasteiger partial charge in [0.2, 0.25) is 0 Å². The first-order valence-electron chi connectivity index (χ1n) is 4.71. The molecule has 1 N–H and O–H groups in total. The van der Waals surface area contributed by atoms with E-state index in [1.165, 1.54) is 6.26 Å². The molecule has 0 aromatic heterocycles. The van der Waals surface area contributed by atoms with E-state index in [0.717, 1.165) is 24.1 Å². The van der Waals surface area contributed by atoms with E-state index >= 15 is 0 Å². The van der Waals surface area contributed by atoms with Gasteiger partial charge in [0, 0.05) is 12.8 Å². The van der Waals surface area contributed by atoms with Gasteiger partial charge in [0.05, 0.1) is 9.92 Å². The SMILES string of the molecule is CS(=O)(=O)c1ccc2c(c1Cl)CNCC2. The van der Waals surface area contributed by atoms with Crippen LogP contribution in [-0.4, -0.2) is 21.2 Å². The number of rotatable bonds is 1. The number of fused-ring (bicyclic) bond motifs is 1. The standard InChI is InChI=1S/C10H12ClNO2S/c1-15(13,14)9-3-2-7-4-5-12-6-8(7)10(9)11/h2-3,12H,4-6H2,1H3. The molecule has 0 radical (unpaired) electrons. The highest BCUT2D eigenvalue weighted by atomic mass is 35.5. The normalized spacial score (nSPS) is 16.1. The zero-order valence-corrected chi connectivity index (χ0v) is 9.95. The first kappa shape index (κ1) is 10.9. The van der Waals surface area contributed by atoms with Crippen molar-refractivity contribution in [1.82, 2.24) is 5.32 Å². The molecule has 82 valence electrons. The van der Waals surface area contributed by atoms with E-state index in [9.17, 15) is 8.42 Å². The highest BCUT2D eigenvalue weighted by Gasteiger charge is 2.19. The average molecular weight is 246 g/mol. The maximum Gasteiger partial charge on any atom is 0.177 e.